The number of esters is 1. The molecule has 0 aromatic heterocycles. The Morgan fingerprint density at radius 1 is 0.983 bits per heavy atom. The molecule has 1 fully saturated rings. The third-order valence-electron chi connectivity index (χ3n) is 11.0. The van der Waals surface area contributed by atoms with Crippen LogP contribution in [-0.4, -0.2) is 93.0 Å². The highest BCUT2D eigenvalue weighted by Crippen LogP contribution is 2.49. The SMILES string of the molecule is CO[C@H]1/C=C/O[C@@]2(C)Oc3c(C)c(O)c4c(c3C2=O)C(=Nc2c(O)cc(Br)cc2O)C=C(NC(=O)/C(C)=C\C=C\[C@H](C)[C@@H]2O[C@H]([C@H](O)[C@@H]2C)[C@H](OC(C)=O)[C@@H]1C)C4=O. The number of carbonyl (C=O) groups excluding carboxylic acids is 4. The van der Waals surface area contributed by atoms with E-state index in [1.165, 1.54) is 71.4 Å². The van der Waals surface area contributed by atoms with Gasteiger partial charge in [0.1, 0.15) is 40.9 Å². The van der Waals surface area contributed by atoms with Crippen molar-refractivity contribution in [3.63, 3.8) is 0 Å². The number of hydrogen-bond acceptors (Lipinski definition) is 14. The maximum atomic E-state index is 14.5. The maximum absolute atomic E-state index is 14.5. The Hall–Kier alpha value is -5.29. The van der Waals surface area contributed by atoms with Crippen LogP contribution in [0.3, 0.4) is 0 Å². The van der Waals surface area contributed by atoms with Crippen LogP contribution >= 0.6 is 15.9 Å². The molecule has 1 amide bonds. The molecule has 2 aromatic rings. The molecule has 5 N–H and O–H groups in total. The first-order valence-corrected chi connectivity index (χ1v) is 19.3. The predicted octanol–water partition coefficient (Wildman–Crippen LogP) is 5.51. The molecule has 15 nitrogen and oxygen atoms in total. The number of ketones is 2. The Balaban J connectivity index is 1.53. The molecule has 0 spiro atoms. The summed E-state index contributed by atoms with van der Waals surface area (Å²) in [5.41, 5.74) is -1.43. The maximum Gasteiger partial charge on any atom is 0.312 e. The summed E-state index contributed by atoms with van der Waals surface area (Å²) in [5.74, 6) is -7.95. The number of Topliss-reactive ketones (excluding diaryl/α,β-unsaturated/α-hetero) is 2. The topological polar surface area (TPSA) is 220 Å². The van der Waals surface area contributed by atoms with Gasteiger partial charge < -0.3 is 49.4 Å². The Morgan fingerprint density at radius 3 is 2.29 bits per heavy atom. The number of phenolic OH excluding ortho intramolecular Hbond substituents is 3. The predicted molar refractivity (Wildman–Crippen MR) is 212 cm³/mol. The minimum Gasteiger partial charge on any atom is -0.507 e. The molecule has 9 atom stereocenters. The summed E-state index contributed by atoms with van der Waals surface area (Å²) in [7, 11) is 1.43. The van der Waals surface area contributed by atoms with E-state index in [-0.39, 0.29) is 56.6 Å². The summed E-state index contributed by atoms with van der Waals surface area (Å²) in [6.45, 7) is 11.0. The largest absolute Gasteiger partial charge is 0.507 e. The minimum absolute atomic E-state index is 0.00748. The highest BCUT2D eigenvalue weighted by Gasteiger charge is 2.52. The number of fused-ring (bicyclic) bond motifs is 9. The fraction of sp³-hybridized carbons (Fsp3) is 0.405. The van der Waals surface area contributed by atoms with Crippen LogP contribution in [0.2, 0.25) is 0 Å². The van der Waals surface area contributed by atoms with Crippen LogP contribution in [0.5, 0.6) is 23.0 Å². The number of ether oxygens (including phenoxy) is 5. The molecular weight excluding hydrogens is 820 g/mol. The van der Waals surface area contributed by atoms with Crippen LogP contribution in [0.25, 0.3) is 0 Å². The van der Waals surface area contributed by atoms with Crippen molar-refractivity contribution in [2.75, 3.05) is 7.11 Å². The number of rotatable bonds is 3. The molecule has 7 bridgehead atoms. The van der Waals surface area contributed by atoms with Crippen molar-refractivity contribution in [3.8, 4) is 23.0 Å². The second-order valence-electron chi connectivity index (χ2n) is 15.0. The molecule has 0 radical (unpaired) electrons. The Kier molecular flexibility index (Phi) is 11.8. The lowest BCUT2D eigenvalue weighted by Gasteiger charge is -2.33. The molecule has 16 heteroatoms. The van der Waals surface area contributed by atoms with E-state index >= 15 is 0 Å². The number of carbonyl (C=O) groups is 4. The molecule has 2 aromatic carbocycles. The van der Waals surface area contributed by atoms with Gasteiger partial charge in [-0.2, -0.15) is 0 Å². The monoisotopic (exact) mass is 864 g/mol. The number of allylic oxidation sites excluding steroid dienone is 4. The van der Waals surface area contributed by atoms with E-state index in [1.54, 1.807) is 19.1 Å². The second kappa shape index (κ2) is 16.2. The van der Waals surface area contributed by atoms with Crippen LogP contribution in [0.4, 0.5) is 5.69 Å². The number of nitrogens with zero attached hydrogens (tertiary/aromatic N) is 1. The third kappa shape index (κ3) is 7.56. The highest BCUT2D eigenvalue weighted by atomic mass is 79.9. The second-order valence-corrected chi connectivity index (χ2v) is 15.9. The van der Waals surface area contributed by atoms with Crippen molar-refractivity contribution in [2.45, 2.75) is 84.8 Å². The smallest absolute Gasteiger partial charge is 0.312 e. The van der Waals surface area contributed by atoms with Gasteiger partial charge in [0.25, 0.3) is 11.7 Å². The van der Waals surface area contributed by atoms with Crippen LogP contribution < -0.4 is 10.1 Å². The number of methoxy groups -OCH3 is 1. The number of hydrogen-bond donors (Lipinski definition) is 5. The van der Waals surface area contributed by atoms with Crippen molar-refractivity contribution in [3.05, 3.63) is 86.8 Å². The van der Waals surface area contributed by atoms with Gasteiger partial charge in [-0.25, -0.2) is 4.99 Å². The number of aliphatic hydroxyl groups excluding tert-OH is 1. The van der Waals surface area contributed by atoms with Crippen LogP contribution in [0.15, 0.2) is 69.5 Å². The summed E-state index contributed by atoms with van der Waals surface area (Å²) in [6.07, 6.45) is 4.50. The number of aliphatic imine (C=N–C) groups is 1. The molecular formula is C42H45BrN2O13. The van der Waals surface area contributed by atoms with Crippen LogP contribution in [0.1, 0.15) is 73.4 Å². The lowest BCUT2D eigenvalue weighted by atomic mass is 9.83. The zero-order valence-electron chi connectivity index (χ0n) is 33.0. The molecule has 4 aliphatic heterocycles. The van der Waals surface area contributed by atoms with Crippen LogP contribution in [-0.2, 0) is 28.5 Å². The summed E-state index contributed by atoms with van der Waals surface area (Å²) in [4.78, 5) is 59.2. The Bertz CT molecular complexity index is 2220. The van der Waals surface area contributed by atoms with Crippen LogP contribution in [0, 0.1) is 24.7 Å². The zero-order chi connectivity index (χ0) is 42.5. The van der Waals surface area contributed by atoms with Gasteiger partial charge in [0.15, 0.2) is 0 Å². The van der Waals surface area contributed by atoms with E-state index < -0.39 is 88.8 Å². The van der Waals surface area contributed by atoms with Crippen molar-refractivity contribution < 1.29 is 63.3 Å². The first kappa shape index (κ1) is 42.3. The Morgan fingerprint density at radius 2 is 1.66 bits per heavy atom. The van der Waals surface area contributed by atoms with Gasteiger partial charge in [0.2, 0.25) is 5.78 Å². The summed E-state index contributed by atoms with van der Waals surface area (Å²) >= 11 is 3.20. The molecule has 308 valence electrons. The molecule has 0 saturated carbocycles. The van der Waals surface area contributed by atoms with Gasteiger partial charge in [-0.15, -0.1) is 0 Å². The van der Waals surface area contributed by atoms with Gasteiger partial charge in [0, 0.05) is 59.9 Å². The summed E-state index contributed by atoms with van der Waals surface area (Å²) in [6, 6.07) is 2.55. The van der Waals surface area contributed by atoms with E-state index in [0.29, 0.717) is 4.47 Å². The number of aliphatic hydroxyl groups is 1. The molecule has 0 unspecified atom stereocenters. The standard InChI is InChI=1S/C42H45BrN2O13/c1-17-10-9-11-18(2)41(53)45-25-16-24(44-32-26(47)14-23(43)15-27(32)48)29-30(35(25)51)33(49)20(4)37-31(29)40(52)42(7,58-37)55-13-12-28(54-8)19(3)38(56-22(6)46)39-34(50)21(5)36(17)57-39/h9-17,19,21,28,34,36,38-39,47-50H,1-8H3,(H,45,53)/b10-9+,13-12+,18-11-,44-24?/t17-,19+,21-,28-,34+,36-,38+,39+,42-/m0/s1. The van der Waals surface area contributed by atoms with Gasteiger partial charge in [-0.1, -0.05) is 54.9 Å². The third-order valence-corrected chi connectivity index (χ3v) is 11.4. The van der Waals surface area contributed by atoms with Crippen molar-refractivity contribution >= 4 is 50.8 Å². The van der Waals surface area contributed by atoms with Crippen molar-refractivity contribution in [2.24, 2.45) is 22.7 Å². The number of aromatic hydroxyl groups is 3. The van der Waals surface area contributed by atoms with Gasteiger partial charge in [-0.3, -0.25) is 19.2 Å². The molecule has 1 saturated heterocycles. The van der Waals surface area contributed by atoms with E-state index in [1.807, 2.05) is 13.8 Å². The molecule has 5 aliphatic rings. The number of nitrogens with one attached hydrogen (secondary N) is 1. The number of halogens is 1. The quantitative estimate of drug-likeness (QED) is 0.241. The van der Waals surface area contributed by atoms with E-state index in [9.17, 15) is 39.6 Å². The molecule has 1 aliphatic carbocycles. The highest BCUT2D eigenvalue weighted by molar-refractivity contribution is 9.10. The fourth-order valence-corrected chi connectivity index (χ4v) is 8.14. The molecule has 58 heavy (non-hydrogen) atoms. The lowest BCUT2D eigenvalue weighted by Crippen LogP contribution is -2.46. The average Bonchev–Trinajstić information content (AvgIpc) is 3.60. The minimum atomic E-state index is -2.08. The molecule has 4 heterocycles. The Labute approximate surface area is 342 Å². The average molecular weight is 866 g/mol. The fourth-order valence-electron chi connectivity index (χ4n) is 7.70. The number of phenols is 3. The van der Waals surface area contributed by atoms with Crippen molar-refractivity contribution in [1.29, 1.82) is 0 Å². The summed E-state index contributed by atoms with van der Waals surface area (Å²) in [5, 5.41) is 47.2. The van der Waals surface area contributed by atoms with Gasteiger partial charge in [0.05, 0.1) is 47.1 Å². The normalized spacial score (nSPS) is 32.5. The zero-order valence-corrected chi connectivity index (χ0v) is 34.6. The number of benzene rings is 2. The molecule has 7 rings (SSSR count). The number of amides is 1. The van der Waals surface area contributed by atoms with E-state index in [4.69, 9.17) is 23.7 Å². The first-order chi connectivity index (χ1) is 27.3. The lowest BCUT2D eigenvalue weighted by molar-refractivity contribution is -0.168. The van der Waals surface area contributed by atoms with Gasteiger partial charge in [-0.05, 0) is 38.1 Å². The van der Waals surface area contributed by atoms with E-state index in [0.717, 1.165) is 0 Å². The van der Waals surface area contributed by atoms with Gasteiger partial charge >= 0.3 is 11.8 Å². The van der Waals surface area contributed by atoms with E-state index in [2.05, 4.69) is 26.2 Å². The van der Waals surface area contributed by atoms with Crippen molar-refractivity contribution in [1.82, 2.24) is 5.32 Å². The summed E-state index contributed by atoms with van der Waals surface area (Å²) < 4.78 is 30.4. The first-order valence-electron chi connectivity index (χ1n) is 18.5.